The molecule has 0 spiro atoms. The summed E-state index contributed by atoms with van der Waals surface area (Å²) in [6.07, 6.45) is 6.01. The first-order chi connectivity index (χ1) is 8.74. The first kappa shape index (κ1) is 12.4. The Morgan fingerprint density at radius 1 is 1.00 bits per heavy atom. The van der Waals surface area contributed by atoms with E-state index < -0.39 is 0 Å². The molecule has 0 unspecified atom stereocenters. The van der Waals surface area contributed by atoms with Crippen LogP contribution in [0.25, 0.3) is 22.0 Å². The molecule has 0 saturated carbocycles. The SMILES string of the molecule is CC.Cn1cc(-c2ccc3ccn(C)c3c2)cn1. The topological polar surface area (TPSA) is 22.8 Å². The summed E-state index contributed by atoms with van der Waals surface area (Å²) >= 11 is 0. The van der Waals surface area contributed by atoms with Crippen molar-refractivity contribution in [3.05, 3.63) is 42.9 Å². The minimum atomic E-state index is 1.16. The summed E-state index contributed by atoms with van der Waals surface area (Å²) in [6, 6.07) is 8.62. The monoisotopic (exact) mass is 241 g/mol. The molecule has 3 heteroatoms. The number of rotatable bonds is 1. The summed E-state index contributed by atoms with van der Waals surface area (Å²) in [5, 5.41) is 5.47. The number of fused-ring (bicyclic) bond motifs is 1. The van der Waals surface area contributed by atoms with Gasteiger partial charge in [-0.2, -0.15) is 5.10 Å². The highest BCUT2D eigenvalue weighted by molar-refractivity contribution is 5.85. The first-order valence-electron chi connectivity index (χ1n) is 6.28. The van der Waals surface area contributed by atoms with E-state index in [-0.39, 0.29) is 0 Å². The van der Waals surface area contributed by atoms with E-state index in [9.17, 15) is 0 Å². The highest BCUT2D eigenvalue weighted by Gasteiger charge is 2.03. The lowest BCUT2D eigenvalue weighted by Crippen LogP contribution is -1.85. The van der Waals surface area contributed by atoms with Crippen molar-refractivity contribution in [1.82, 2.24) is 14.3 Å². The Morgan fingerprint density at radius 2 is 1.78 bits per heavy atom. The van der Waals surface area contributed by atoms with Crippen LogP contribution in [-0.4, -0.2) is 14.3 Å². The maximum atomic E-state index is 4.19. The second kappa shape index (κ2) is 5.08. The van der Waals surface area contributed by atoms with Crippen molar-refractivity contribution >= 4 is 10.9 Å². The molecule has 0 saturated heterocycles. The van der Waals surface area contributed by atoms with Crippen LogP contribution >= 0.6 is 0 Å². The van der Waals surface area contributed by atoms with Gasteiger partial charge in [-0.1, -0.05) is 26.0 Å². The number of benzene rings is 1. The van der Waals surface area contributed by atoms with Gasteiger partial charge in [0, 0.05) is 37.6 Å². The minimum Gasteiger partial charge on any atom is -0.351 e. The molecular formula is C15H19N3. The molecule has 1 aromatic carbocycles. The number of hydrogen-bond donors (Lipinski definition) is 0. The van der Waals surface area contributed by atoms with Gasteiger partial charge in [0.1, 0.15) is 0 Å². The molecule has 94 valence electrons. The molecule has 0 bridgehead atoms. The van der Waals surface area contributed by atoms with Crippen molar-refractivity contribution in [2.45, 2.75) is 13.8 Å². The zero-order valence-electron chi connectivity index (χ0n) is 11.4. The third-order valence-electron chi connectivity index (χ3n) is 2.93. The minimum absolute atomic E-state index is 1.16. The van der Waals surface area contributed by atoms with E-state index in [1.54, 1.807) is 0 Å². The zero-order chi connectivity index (χ0) is 13.1. The van der Waals surface area contributed by atoms with Gasteiger partial charge >= 0.3 is 0 Å². The van der Waals surface area contributed by atoms with Crippen molar-refractivity contribution in [2.75, 3.05) is 0 Å². The quantitative estimate of drug-likeness (QED) is 0.638. The number of aryl methyl sites for hydroxylation is 2. The number of nitrogens with zero attached hydrogens (tertiary/aromatic N) is 3. The Bertz CT molecular complexity index is 647. The summed E-state index contributed by atoms with van der Waals surface area (Å²) in [5.41, 5.74) is 3.62. The summed E-state index contributed by atoms with van der Waals surface area (Å²) in [7, 11) is 4.00. The summed E-state index contributed by atoms with van der Waals surface area (Å²) in [4.78, 5) is 0. The smallest absolute Gasteiger partial charge is 0.0568 e. The van der Waals surface area contributed by atoms with Gasteiger partial charge in [0.25, 0.3) is 0 Å². The Hall–Kier alpha value is -2.03. The van der Waals surface area contributed by atoms with Gasteiger partial charge in [-0.15, -0.1) is 0 Å². The standard InChI is InChI=1S/C13H13N3.C2H6/c1-15-6-5-10-3-4-11(7-13(10)15)12-8-14-16(2)9-12;1-2/h3-9H,1-2H3;1-2H3. The summed E-state index contributed by atoms with van der Waals surface area (Å²) in [6.45, 7) is 4.00. The fourth-order valence-corrected chi connectivity index (χ4v) is 2.01. The fourth-order valence-electron chi connectivity index (χ4n) is 2.01. The van der Waals surface area contributed by atoms with Crippen LogP contribution in [0.2, 0.25) is 0 Å². The van der Waals surface area contributed by atoms with Crippen LogP contribution in [0.4, 0.5) is 0 Å². The third kappa shape index (κ3) is 2.16. The molecule has 0 aliphatic heterocycles. The number of hydrogen-bond acceptors (Lipinski definition) is 1. The molecule has 0 N–H and O–H groups in total. The van der Waals surface area contributed by atoms with Crippen molar-refractivity contribution < 1.29 is 0 Å². The van der Waals surface area contributed by atoms with E-state index in [4.69, 9.17) is 0 Å². The highest BCUT2D eigenvalue weighted by Crippen LogP contribution is 2.24. The molecule has 0 amide bonds. The lowest BCUT2D eigenvalue weighted by atomic mass is 10.1. The maximum Gasteiger partial charge on any atom is 0.0568 e. The van der Waals surface area contributed by atoms with E-state index in [2.05, 4.69) is 47.2 Å². The normalized spacial score (nSPS) is 10.2. The van der Waals surface area contributed by atoms with Crippen LogP contribution in [0.1, 0.15) is 13.8 Å². The van der Waals surface area contributed by atoms with E-state index in [0.717, 1.165) is 5.56 Å². The van der Waals surface area contributed by atoms with Crippen LogP contribution in [0.3, 0.4) is 0 Å². The predicted octanol–water partition coefficient (Wildman–Crippen LogP) is 3.61. The second-order valence-electron chi connectivity index (χ2n) is 4.10. The molecule has 2 heterocycles. The van der Waals surface area contributed by atoms with Crippen LogP contribution in [0, 0.1) is 0 Å². The van der Waals surface area contributed by atoms with Crippen LogP contribution < -0.4 is 0 Å². The molecule has 0 radical (unpaired) electrons. The Balaban J connectivity index is 0.000000574. The maximum absolute atomic E-state index is 4.19. The van der Waals surface area contributed by atoms with Crippen LogP contribution in [0.15, 0.2) is 42.9 Å². The van der Waals surface area contributed by atoms with Crippen LogP contribution in [-0.2, 0) is 14.1 Å². The molecule has 3 nitrogen and oxygen atoms in total. The molecular weight excluding hydrogens is 222 g/mol. The Kier molecular flexibility index (Phi) is 3.51. The molecule has 2 aromatic heterocycles. The van der Waals surface area contributed by atoms with Crippen molar-refractivity contribution in [3.63, 3.8) is 0 Å². The fraction of sp³-hybridized carbons (Fsp3) is 0.267. The molecule has 3 rings (SSSR count). The van der Waals surface area contributed by atoms with Gasteiger partial charge in [0.15, 0.2) is 0 Å². The van der Waals surface area contributed by atoms with E-state index >= 15 is 0 Å². The average molecular weight is 241 g/mol. The van der Waals surface area contributed by atoms with Crippen molar-refractivity contribution in [2.24, 2.45) is 14.1 Å². The summed E-state index contributed by atoms with van der Waals surface area (Å²) in [5.74, 6) is 0. The van der Waals surface area contributed by atoms with E-state index in [1.165, 1.54) is 16.5 Å². The molecule has 0 fully saturated rings. The van der Waals surface area contributed by atoms with Gasteiger partial charge in [-0.3, -0.25) is 4.68 Å². The average Bonchev–Trinajstić information content (AvgIpc) is 2.99. The first-order valence-corrected chi connectivity index (χ1v) is 6.28. The van der Waals surface area contributed by atoms with E-state index in [1.807, 2.05) is 38.0 Å². The van der Waals surface area contributed by atoms with Crippen LogP contribution in [0.5, 0.6) is 0 Å². The molecule has 3 aromatic rings. The lowest BCUT2D eigenvalue weighted by molar-refractivity contribution is 0.768. The second-order valence-corrected chi connectivity index (χ2v) is 4.10. The van der Waals surface area contributed by atoms with Gasteiger partial charge in [0.05, 0.1) is 6.20 Å². The van der Waals surface area contributed by atoms with Gasteiger partial charge in [-0.25, -0.2) is 0 Å². The summed E-state index contributed by atoms with van der Waals surface area (Å²) < 4.78 is 3.96. The molecule has 0 atom stereocenters. The number of aromatic nitrogens is 3. The van der Waals surface area contributed by atoms with Gasteiger partial charge < -0.3 is 4.57 Å². The third-order valence-corrected chi connectivity index (χ3v) is 2.93. The zero-order valence-corrected chi connectivity index (χ0v) is 11.4. The lowest BCUT2D eigenvalue weighted by Gasteiger charge is -2.00. The predicted molar refractivity (Wildman–Crippen MR) is 76.5 cm³/mol. The largest absolute Gasteiger partial charge is 0.351 e. The van der Waals surface area contributed by atoms with E-state index in [0.29, 0.717) is 0 Å². The van der Waals surface area contributed by atoms with Gasteiger partial charge in [-0.05, 0) is 23.1 Å². The van der Waals surface area contributed by atoms with Gasteiger partial charge in [0.2, 0.25) is 0 Å². The molecule has 18 heavy (non-hydrogen) atoms. The Labute approximate surface area is 108 Å². The molecule has 0 aliphatic rings. The molecule has 0 aliphatic carbocycles. The highest BCUT2D eigenvalue weighted by atomic mass is 15.2. The van der Waals surface area contributed by atoms with Crippen molar-refractivity contribution in [3.8, 4) is 11.1 Å². The van der Waals surface area contributed by atoms with Crippen molar-refractivity contribution in [1.29, 1.82) is 0 Å². The Morgan fingerprint density at radius 3 is 2.44 bits per heavy atom.